The Bertz CT molecular complexity index is 4110. The number of para-hydroxylation sites is 2. The van der Waals surface area contributed by atoms with Crippen LogP contribution in [-0.2, 0) is 5.41 Å². The summed E-state index contributed by atoms with van der Waals surface area (Å²) in [7, 11) is 0. The van der Waals surface area contributed by atoms with Crippen molar-refractivity contribution < 1.29 is 0 Å². The van der Waals surface area contributed by atoms with Crippen LogP contribution in [-0.4, -0.2) is 4.57 Å². The van der Waals surface area contributed by atoms with Crippen molar-refractivity contribution >= 4 is 82.0 Å². The van der Waals surface area contributed by atoms with Gasteiger partial charge in [-0.15, -0.1) is 0 Å². The molecule has 13 aromatic rings. The number of nitrogens with zero attached hydrogens (tertiary/aromatic N) is 2. The maximum absolute atomic E-state index is 2.58. The van der Waals surface area contributed by atoms with E-state index >= 15 is 0 Å². The lowest BCUT2D eigenvalue weighted by atomic mass is 9.70. The molecule has 15 rings (SSSR count). The van der Waals surface area contributed by atoms with Gasteiger partial charge in [0.1, 0.15) is 0 Å². The van der Waals surface area contributed by atoms with Crippen molar-refractivity contribution in [3.8, 4) is 27.9 Å². The monoisotopic (exact) mass is 848 g/mol. The van der Waals surface area contributed by atoms with Crippen LogP contribution in [0.3, 0.4) is 0 Å². The van der Waals surface area contributed by atoms with E-state index in [1.165, 1.54) is 109 Å². The Morgan fingerprint density at radius 3 is 1.33 bits per heavy atom. The summed E-state index contributed by atoms with van der Waals surface area (Å²) in [5, 5.41) is 12.4. The minimum Gasteiger partial charge on any atom is -0.308 e. The van der Waals surface area contributed by atoms with Crippen molar-refractivity contribution in [2.45, 2.75) is 5.41 Å². The average molecular weight is 849 g/mol. The summed E-state index contributed by atoms with van der Waals surface area (Å²) in [6.45, 7) is 0. The van der Waals surface area contributed by atoms with Gasteiger partial charge in [-0.05, 0) is 125 Å². The van der Waals surface area contributed by atoms with Crippen LogP contribution < -0.4 is 4.90 Å². The van der Waals surface area contributed by atoms with E-state index in [-0.39, 0.29) is 0 Å². The molecule has 0 radical (unpaired) electrons. The zero-order valence-electron chi connectivity index (χ0n) is 36.5. The van der Waals surface area contributed by atoms with Crippen LogP contribution in [0.15, 0.2) is 243 Å². The van der Waals surface area contributed by atoms with Crippen LogP contribution in [0.5, 0.6) is 0 Å². The Balaban J connectivity index is 1.14. The lowest BCUT2D eigenvalue weighted by Gasteiger charge is -2.34. The van der Waals surface area contributed by atoms with Gasteiger partial charge < -0.3 is 9.47 Å². The number of benzene rings is 12. The molecule has 0 atom stereocenters. The van der Waals surface area contributed by atoms with Gasteiger partial charge in [0, 0.05) is 21.8 Å². The second-order valence-corrected chi connectivity index (χ2v) is 18.3. The van der Waals surface area contributed by atoms with Gasteiger partial charge in [-0.25, -0.2) is 0 Å². The summed E-state index contributed by atoms with van der Waals surface area (Å²) < 4.78 is 2.53. The predicted octanol–water partition coefficient (Wildman–Crippen LogP) is 17.2. The fraction of sp³-hybridized carbons (Fsp3) is 0.0154. The minimum absolute atomic E-state index is 0.532. The number of fused-ring (bicyclic) bond motifs is 20. The maximum atomic E-state index is 2.58. The molecule has 67 heavy (non-hydrogen) atoms. The fourth-order valence-electron chi connectivity index (χ4n) is 12.5. The molecule has 2 aliphatic rings. The highest BCUT2D eigenvalue weighted by molar-refractivity contribution is 6.26. The van der Waals surface area contributed by atoms with E-state index in [2.05, 4.69) is 252 Å². The number of aromatic nitrogens is 1. The molecule has 2 heteroatoms. The van der Waals surface area contributed by atoms with E-state index < -0.39 is 5.41 Å². The van der Waals surface area contributed by atoms with E-state index in [9.17, 15) is 0 Å². The van der Waals surface area contributed by atoms with Crippen molar-refractivity contribution in [1.82, 2.24) is 4.57 Å². The van der Waals surface area contributed by atoms with Crippen molar-refractivity contribution in [3.05, 3.63) is 265 Å². The van der Waals surface area contributed by atoms with Gasteiger partial charge in [0.05, 0.1) is 33.5 Å². The van der Waals surface area contributed by atoms with Crippen molar-refractivity contribution in [2.24, 2.45) is 0 Å². The molecule has 310 valence electrons. The van der Waals surface area contributed by atoms with Gasteiger partial charge in [-0.3, -0.25) is 0 Å². The molecule has 0 saturated carbocycles. The quantitative estimate of drug-likeness (QED) is 0.160. The lowest BCUT2D eigenvalue weighted by molar-refractivity contribution is 0.793. The van der Waals surface area contributed by atoms with E-state index in [4.69, 9.17) is 0 Å². The number of anilines is 3. The Morgan fingerprint density at radius 1 is 0.284 bits per heavy atom. The van der Waals surface area contributed by atoms with E-state index in [0.717, 1.165) is 22.7 Å². The van der Waals surface area contributed by atoms with Gasteiger partial charge >= 0.3 is 0 Å². The number of hydrogen-bond acceptors (Lipinski definition) is 1. The molecule has 0 bridgehead atoms. The highest BCUT2D eigenvalue weighted by atomic mass is 15.2. The van der Waals surface area contributed by atoms with Crippen LogP contribution in [0.4, 0.5) is 17.1 Å². The molecule has 1 aromatic heterocycles. The average Bonchev–Trinajstić information content (AvgIpc) is 4.00. The summed E-state index contributed by atoms with van der Waals surface area (Å²) in [6, 6.07) is 91.0. The SMILES string of the molecule is c1ccc2c(c1)-c1ccccc1C21c2ccccc2-c2cc(-n3c4ccccc4c4ccccc43)c(N(c3ccc4c5ccccc5c5ccccc5c4c3)c3cccc4ccccc34)cc21. The van der Waals surface area contributed by atoms with Gasteiger partial charge in [0.25, 0.3) is 0 Å². The molecular formula is C65H40N2. The van der Waals surface area contributed by atoms with Crippen molar-refractivity contribution in [2.75, 3.05) is 4.90 Å². The fourth-order valence-corrected chi connectivity index (χ4v) is 12.5. The smallest absolute Gasteiger partial charge is 0.0726 e. The molecule has 0 amide bonds. The van der Waals surface area contributed by atoms with Crippen LogP contribution in [0.25, 0.3) is 92.8 Å². The summed E-state index contributed by atoms with van der Waals surface area (Å²) in [5.41, 5.74) is 16.7. The Hall–Kier alpha value is -8.72. The van der Waals surface area contributed by atoms with E-state index in [0.29, 0.717) is 0 Å². The molecule has 1 spiro atoms. The van der Waals surface area contributed by atoms with Crippen LogP contribution in [0.1, 0.15) is 22.3 Å². The summed E-state index contributed by atoms with van der Waals surface area (Å²) in [4.78, 5) is 2.58. The molecule has 0 N–H and O–H groups in total. The van der Waals surface area contributed by atoms with Crippen LogP contribution in [0, 0.1) is 0 Å². The molecule has 1 heterocycles. The predicted molar refractivity (Wildman–Crippen MR) is 282 cm³/mol. The van der Waals surface area contributed by atoms with Gasteiger partial charge in [-0.1, -0.05) is 200 Å². The molecule has 2 aliphatic carbocycles. The van der Waals surface area contributed by atoms with Crippen molar-refractivity contribution in [1.29, 1.82) is 0 Å². The molecular weight excluding hydrogens is 809 g/mol. The third kappa shape index (κ3) is 4.83. The minimum atomic E-state index is -0.532. The molecule has 2 nitrogen and oxygen atoms in total. The zero-order chi connectivity index (χ0) is 43.8. The van der Waals surface area contributed by atoms with Crippen LogP contribution >= 0.6 is 0 Å². The maximum Gasteiger partial charge on any atom is 0.0726 e. The topological polar surface area (TPSA) is 8.17 Å². The summed E-state index contributed by atoms with van der Waals surface area (Å²) in [5.74, 6) is 0. The molecule has 0 unspecified atom stereocenters. The standard InChI is InChI=1S/C65H40N2/c1-2-20-43-41(18-1)19-17-35-60(43)66(42-36-37-48-46-23-4-3-21-44(46)45-22-5-6-24-47(45)54(48)38-42)64-40-59-55(39-63(64)67-61-33-15-10-28-52(61)53-29-11-16-34-62(53)67)51-27-9-14-32-58(51)65(59)56-30-12-7-25-49(56)50-26-8-13-31-57(50)65/h1-40H. The van der Waals surface area contributed by atoms with Crippen molar-refractivity contribution in [3.63, 3.8) is 0 Å². The summed E-state index contributed by atoms with van der Waals surface area (Å²) >= 11 is 0. The molecule has 0 aliphatic heterocycles. The molecule has 0 saturated heterocycles. The third-order valence-corrected chi connectivity index (χ3v) is 15.1. The zero-order valence-corrected chi connectivity index (χ0v) is 36.5. The number of hydrogen-bond donors (Lipinski definition) is 0. The Labute approximate surface area is 387 Å². The van der Waals surface area contributed by atoms with Crippen LogP contribution in [0.2, 0.25) is 0 Å². The normalized spacial score (nSPS) is 13.2. The third-order valence-electron chi connectivity index (χ3n) is 15.1. The van der Waals surface area contributed by atoms with Gasteiger partial charge in [0.2, 0.25) is 0 Å². The first kappa shape index (κ1) is 36.6. The first-order chi connectivity index (χ1) is 33.3. The van der Waals surface area contributed by atoms with Gasteiger partial charge in [-0.2, -0.15) is 0 Å². The van der Waals surface area contributed by atoms with E-state index in [1.807, 2.05) is 0 Å². The summed E-state index contributed by atoms with van der Waals surface area (Å²) in [6.07, 6.45) is 0. The van der Waals surface area contributed by atoms with Gasteiger partial charge in [0.15, 0.2) is 0 Å². The first-order valence-corrected chi connectivity index (χ1v) is 23.3. The highest BCUT2D eigenvalue weighted by Crippen LogP contribution is 2.64. The Kier molecular flexibility index (Phi) is 7.46. The second-order valence-electron chi connectivity index (χ2n) is 18.3. The second kappa shape index (κ2) is 13.7. The molecule has 0 fully saturated rings. The lowest BCUT2D eigenvalue weighted by Crippen LogP contribution is -2.26. The Morgan fingerprint density at radius 2 is 0.731 bits per heavy atom. The van der Waals surface area contributed by atoms with E-state index in [1.54, 1.807) is 0 Å². The number of rotatable bonds is 4. The highest BCUT2D eigenvalue weighted by Gasteiger charge is 2.52. The largest absolute Gasteiger partial charge is 0.308 e. The molecule has 12 aromatic carbocycles. The first-order valence-electron chi connectivity index (χ1n) is 23.3.